The van der Waals surface area contributed by atoms with Crippen molar-refractivity contribution in [3.8, 4) is 5.75 Å². The van der Waals surface area contributed by atoms with Crippen LogP contribution in [0.2, 0.25) is 0 Å². The average Bonchev–Trinajstić information content (AvgIpc) is 2.45. The zero-order chi connectivity index (χ0) is 17.1. The summed E-state index contributed by atoms with van der Waals surface area (Å²) in [6, 6.07) is 5.46. The largest absolute Gasteiger partial charge is 0.496 e. The molecule has 2 rings (SSSR count). The van der Waals surface area contributed by atoms with Crippen LogP contribution in [0.4, 0.5) is 0 Å². The fourth-order valence-electron chi connectivity index (χ4n) is 2.51. The SMILES string of the molecule is COc1cc([C@@H]2NC(=S)NC(C)=C2C(=O)OC(C)C)ccc1C. The van der Waals surface area contributed by atoms with Crippen molar-refractivity contribution in [1.29, 1.82) is 0 Å². The Hall–Kier alpha value is -2.08. The smallest absolute Gasteiger partial charge is 0.338 e. The molecule has 1 aromatic carbocycles. The molecule has 0 amide bonds. The third kappa shape index (κ3) is 3.82. The Morgan fingerprint density at radius 2 is 2.00 bits per heavy atom. The normalized spacial score (nSPS) is 17.7. The van der Waals surface area contributed by atoms with Crippen molar-refractivity contribution >= 4 is 23.3 Å². The summed E-state index contributed by atoms with van der Waals surface area (Å²) in [6.45, 7) is 7.44. The standard InChI is InChI=1S/C17H22N2O3S/c1-9(2)22-16(20)14-11(4)18-17(23)19-15(14)12-7-6-10(3)13(8-12)21-5/h6-9,15H,1-5H3,(H2,18,19,23)/t15-/m0/s1. The van der Waals surface area contributed by atoms with Gasteiger partial charge in [-0.25, -0.2) is 4.79 Å². The molecule has 1 aliphatic heterocycles. The van der Waals surface area contributed by atoms with Gasteiger partial charge in [0, 0.05) is 5.70 Å². The van der Waals surface area contributed by atoms with E-state index in [-0.39, 0.29) is 18.1 Å². The van der Waals surface area contributed by atoms with Crippen LogP contribution in [0, 0.1) is 6.92 Å². The van der Waals surface area contributed by atoms with Crippen molar-refractivity contribution in [2.24, 2.45) is 0 Å². The first-order valence-electron chi connectivity index (χ1n) is 7.47. The quantitative estimate of drug-likeness (QED) is 0.652. The van der Waals surface area contributed by atoms with Crippen LogP contribution in [0.25, 0.3) is 0 Å². The first-order valence-corrected chi connectivity index (χ1v) is 7.88. The van der Waals surface area contributed by atoms with Gasteiger partial charge in [-0.3, -0.25) is 0 Å². The van der Waals surface area contributed by atoms with Crippen molar-refractivity contribution in [2.45, 2.75) is 39.8 Å². The number of esters is 1. The highest BCUT2D eigenvalue weighted by Crippen LogP contribution is 2.31. The molecule has 0 fully saturated rings. The molecule has 0 bridgehead atoms. The molecule has 23 heavy (non-hydrogen) atoms. The van der Waals surface area contributed by atoms with E-state index in [1.807, 2.05) is 45.9 Å². The zero-order valence-corrected chi connectivity index (χ0v) is 14.8. The summed E-state index contributed by atoms with van der Waals surface area (Å²) in [4.78, 5) is 12.5. The summed E-state index contributed by atoms with van der Waals surface area (Å²) in [5.74, 6) is 0.410. The van der Waals surface area contributed by atoms with Crippen LogP contribution >= 0.6 is 12.2 Å². The number of carbonyl (C=O) groups is 1. The number of benzene rings is 1. The lowest BCUT2D eigenvalue weighted by atomic mass is 9.94. The van der Waals surface area contributed by atoms with Gasteiger partial charge in [-0.2, -0.15) is 0 Å². The molecule has 0 radical (unpaired) electrons. The number of rotatable bonds is 4. The number of methoxy groups -OCH3 is 1. The van der Waals surface area contributed by atoms with Crippen molar-refractivity contribution in [3.05, 3.63) is 40.6 Å². The first-order chi connectivity index (χ1) is 10.8. The third-order valence-corrected chi connectivity index (χ3v) is 3.82. The number of ether oxygens (including phenoxy) is 2. The molecule has 0 spiro atoms. The summed E-state index contributed by atoms with van der Waals surface area (Å²) in [5.41, 5.74) is 3.15. The van der Waals surface area contributed by atoms with Crippen LogP contribution < -0.4 is 15.4 Å². The van der Waals surface area contributed by atoms with Gasteiger partial charge in [0.2, 0.25) is 0 Å². The van der Waals surface area contributed by atoms with Crippen molar-refractivity contribution in [1.82, 2.24) is 10.6 Å². The van der Waals surface area contributed by atoms with Crippen molar-refractivity contribution < 1.29 is 14.3 Å². The number of hydrogen-bond acceptors (Lipinski definition) is 4. The van der Waals surface area contributed by atoms with E-state index in [0.29, 0.717) is 16.4 Å². The predicted molar refractivity (Wildman–Crippen MR) is 93.3 cm³/mol. The maximum atomic E-state index is 12.5. The van der Waals surface area contributed by atoms with Crippen molar-refractivity contribution in [2.75, 3.05) is 7.11 Å². The van der Waals surface area contributed by atoms with Crippen LogP contribution in [0.5, 0.6) is 5.75 Å². The Morgan fingerprint density at radius 1 is 1.30 bits per heavy atom. The van der Waals surface area contributed by atoms with E-state index in [1.54, 1.807) is 7.11 Å². The fourth-order valence-corrected chi connectivity index (χ4v) is 2.78. The molecule has 0 aliphatic carbocycles. The third-order valence-electron chi connectivity index (χ3n) is 3.60. The minimum Gasteiger partial charge on any atom is -0.496 e. The number of hydrogen-bond donors (Lipinski definition) is 2. The molecule has 1 aromatic rings. The van der Waals surface area contributed by atoms with Crippen LogP contribution in [-0.2, 0) is 9.53 Å². The summed E-state index contributed by atoms with van der Waals surface area (Å²) in [5, 5.41) is 6.61. The van der Waals surface area contributed by atoms with E-state index in [9.17, 15) is 4.79 Å². The Kier molecular flexibility index (Phi) is 5.26. The Labute approximate surface area is 142 Å². The van der Waals surface area contributed by atoms with Gasteiger partial charge in [-0.1, -0.05) is 12.1 Å². The molecule has 0 unspecified atom stereocenters. The summed E-state index contributed by atoms with van der Waals surface area (Å²) in [6.07, 6.45) is -0.190. The Bertz CT molecular complexity index is 668. The van der Waals surface area contributed by atoms with E-state index in [2.05, 4.69) is 10.6 Å². The molecule has 1 atom stereocenters. The second kappa shape index (κ2) is 7.00. The van der Waals surface area contributed by atoms with Crippen LogP contribution in [-0.4, -0.2) is 24.3 Å². The molecule has 6 heteroatoms. The second-order valence-electron chi connectivity index (χ2n) is 5.75. The van der Waals surface area contributed by atoms with Gasteiger partial charge in [0.25, 0.3) is 0 Å². The van der Waals surface area contributed by atoms with E-state index < -0.39 is 0 Å². The highest BCUT2D eigenvalue weighted by molar-refractivity contribution is 7.80. The summed E-state index contributed by atoms with van der Waals surface area (Å²) < 4.78 is 10.8. The summed E-state index contributed by atoms with van der Waals surface area (Å²) in [7, 11) is 1.63. The molecule has 1 heterocycles. The molecule has 1 aliphatic rings. The van der Waals surface area contributed by atoms with Crippen LogP contribution in [0.3, 0.4) is 0 Å². The van der Waals surface area contributed by atoms with Gasteiger partial charge in [0.1, 0.15) is 5.75 Å². The van der Waals surface area contributed by atoms with Gasteiger partial charge in [-0.05, 0) is 57.1 Å². The van der Waals surface area contributed by atoms with Crippen LogP contribution in [0.1, 0.15) is 37.9 Å². The monoisotopic (exact) mass is 334 g/mol. The lowest BCUT2D eigenvalue weighted by Crippen LogP contribution is -2.45. The molecule has 0 saturated carbocycles. The van der Waals surface area contributed by atoms with Crippen molar-refractivity contribution in [3.63, 3.8) is 0 Å². The summed E-state index contributed by atoms with van der Waals surface area (Å²) >= 11 is 5.23. The molecule has 0 saturated heterocycles. The molecule has 124 valence electrons. The van der Waals surface area contributed by atoms with E-state index >= 15 is 0 Å². The van der Waals surface area contributed by atoms with E-state index in [0.717, 1.165) is 16.9 Å². The van der Waals surface area contributed by atoms with E-state index in [4.69, 9.17) is 21.7 Å². The average molecular weight is 334 g/mol. The molecule has 0 aromatic heterocycles. The molecular weight excluding hydrogens is 312 g/mol. The second-order valence-corrected chi connectivity index (χ2v) is 6.16. The van der Waals surface area contributed by atoms with Gasteiger partial charge in [0.05, 0.1) is 24.8 Å². The van der Waals surface area contributed by atoms with Gasteiger partial charge in [-0.15, -0.1) is 0 Å². The van der Waals surface area contributed by atoms with E-state index in [1.165, 1.54) is 0 Å². The number of thiocarbonyl (C=S) groups is 1. The topological polar surface area (TPSA) is 59.6 Å². The maximum Gasteiger partial charge on any atom is 0.338 e. The number of nitrogens with one attached hydrogen (secondary N) is 2. The number of allylic oxidation sites excluding steroid dienone is 1. The van der Waals surface area contributed by atoms with Gasteiger partial charge >= 0.3 is 5.97 Å². The maximum absolute atomic E-state index is 12.5. The Balaban J connectivity index is 2.46. The lowest BCUT2D eigenvalue weighted by Gasteiger charge is -2.30. The molecule has 2 N–H and O–H groups in total. The zero-order valence-electron chi connectivity index (χ0n) is 14.0. The lowest BCUT2D eigenvalue weighted by molar-refractivity contribution is -0.143. The minimum absolute atomic E-state index is 0.190. The van der Waals surface area contributed by atoms with Crippen LogP contribution in [0.15, 0.2) is 29.5 Å². The van der Waals surface area contributed by atoms with Gasteiger partial charge in [0.15, 0.2) is 5.11 Å². The number of aryl methyl sites for hydroxylation is 1. The Morgan fingerprint density at radius 3 is 2.61 bits per heavy atom. The minimum atomic E-state index is -0.371. The van der Waals surface area contributed by atoms with Gasteiger partial charge < -0.3 is 20.1 Å². The number of carbonyl (C=O) groups excluding carboxylic acids is 1. The highest BCUT2D eigenvalue weighted by Gasteiger charge is 2.31. The predicted octanol–water partition coefficient (Wildman–Crippen LogP) is 2.75. The fraction of sp³-hybridized carbons (Fsp3) is 0.412. The molecule has 5 nitrogen and oxygen atoms in total. The first kappa shape index (κ1) is 17.3. The highest BCUT2D eigenvalue weighted by atomic mass is 32.1. The molecular formula is C17H22N2O3S.